The average molecular weight is 855 g/mol. The van der Waals surface area contributed by atoms with Gasteiger partial charge in [-0.15, -0.1) is 0 Å². The van der Waals surface area contributed by atoms with Crippen LogP contribution < -0.4 is 0 Å². The molecule has 0 aromatic heterocycles. The van der Waals surface area contributed by atoms with Crippen LogP contribution in [-0.2, 0) is 0 Å². The molecule has 8 rings (SSSR count). The van der Waals surface area contributed by atoms with Gasteiger partial charge in [-0.3, -0.25) is 29.4 Å². The van der Waals surface area contributed by atoms with Gasteiger partial charge in [0, 0.05) is 58.9 Å². The standard InChI is InChI=1S/C28H56N6.C21H42N6/c1(3-14-29-16-7-8-17-29)5-22-32-26-33(23-6-2-4-15-30-18-9-10-19-30)28-34(27-32)25-13-24-31-20-11-12-21-31;1-2-8-22(7-1)13-16-25-19-26(17-14-23-9-3-4-10-23)21-27(20-25)18-15-24-11-5-6-12-24/h1-28H2;1-21H2. The van der Waals surface area contributed by atoms with E-state index in [1.165, 1.54) is 319 Å². The van der Waals surface area contributed by atoms with Gasteiger partial charge in [0.25, 0.3) is 0 Å². The van der Waals surface area contributed by atoms with Crippen molar-refractivity contribution < 1.29 is 0 Å². The summed E-state index contributed by atoms with van der Waals surface area (Å²) in [5, 5.41) is 0. The van der Waals surface area contributed by atoms with E-state index in [1.54, 1.807) is 0 Å². The molecule has 8 saturated heterocycles. The predicted octanol–water partition coefficient (Wildman–Crippen LogP) is 4.86. The molecule has 0 radical (unpaired) electrons. The van der Waals surface area contributed by atoms with Crippen LogP contribution in [0.25, 0.3) is 0 Å². The summed E-state index contributed by atoms with van der Waals surface area (Å²) in [6.07, 6.45) is 26.7. The van der Waals surface area contributed by atoms with E-state index in [0.717, 1.165) is 0 Å². The molecule has 0 amide bonds. The Kier molecular flexibility index (Phi) is 22.7. The molecule has 8 fully saturated rings. The van der Waals surface area contributed by atoms with Crippen molar-refractivity contribution in [2.45, 2.75) is 122 Å². The van der Waals surface area contributed by atoms with E-state index in [1.807, 2.05) is 0 Å². The van der Waals surface area contributed by atoms with Crippen molar-refractivity contribution >= 4 is 0 Å². The van der Waals surface area contributed by atoms with Crippen LogP contribution in [0, 0.1) is 0 Å². The Balaban J connectivity index is 0.000000189. The number of rotatable bonds is 25. The van der Waals surface area contributed by atoms with E-state index in [4.69, 9.17) is 0 Å². The largest absolute Gasteiger partial charge is 0.303 e. The van der Waals surface area contributed by atoms with Gasteiger partial charge in [0.1, 0.15) is 0 Å². The molecular weight excluding hydrogens is 757 g/mol. The highest BCUT2D eigenvalue weighted by atomic mass is 15.5. The first kappa shape index (κ1) is 48.5. The molecule has 354 valence electrons. The first-order chi connectivity index (χ1) is 30.2. The van der Waals surface area contributed by atoms with Crippen LogP contribution in [0.1, 0.15) is 122 Å². The summed E-state index contributed by atoms with van der Waals surface area (Å²) < 4.78 is 0. The van der Waals surface area contributed by atoms with Crippen LogP contribution in [0.5, 0.6) is 0 Å². The summed E-state index contributed by atoms with van der Waals surface area (Å²) in [7, 11) is 0. The summed E-state index contributed by atoms with van der Waals surface area (Å²) in [6.45, 7) is 38.5. The third kappa shape index (κ3) is 18.7. The van der Waals surface area contributed by atoms with Crippen molar-refractivity contribution in [2.24, 2.45) is 0 Å². The lowest BCUT2D eigenvalue weighted by Gasteiger charge is -2.43. The minimum Gasteiger partial charge on any atom is -0.303 e. The lowest BCUT2D eigenvalue weighted by atomic mass is 10.2. The zero-order valence-corrected chi connectivity index (χ0v) is 40.0. The fourth-order valence-corrected chi connectivity index (χ4v) is 11.9. The van der Waals surface area contributed by atoms with Crippen LogP contribution >= 0.6 is 0 Å². The number of likely N-dealkylation sites (tertiary alicyclic amines) is 6. The van der Waals surface area contributed by atoms with Gasteiger partial charge in [-0.1, -0.05) is 12.8 Å². The summed E-state index contributed by atoms with van der Waals surface area (Å²) in [5.74, 6) is 0. The number of hydrogen-bond acceptors (Lipinski definition) is 12. The molecule has 61 heavy (non-hydrogen) atoms. The molecule has 0 saturated carbocycles. The van der Waals surface area contributed by atoms with Gasteiger partial charge in [0.15, 0.2) is 0 Å². The third-order valence-electron chi connectivity index (χ3n) is 15.6. The summed E-state index contributed by atoms with van der Waals surface area (Å²) in [5.41, 5.74) is 0. The van der Waals surface area contributed by atoms with Crippen molar-refractivity contribution in [2.75, 3.05) is 197 Å². The molecule has 0 aliphatic carbocycles. The molecule has 0 atom stereocenters. The Hall–Kier alpha value is -0.480. The summed E-state index contributed by atoms with van der Waals surface area (Å²) in [4.78, 5) is 32.4. The molecule has 0 unspecified atom stereocenters. The maximum atomic E-state index is 2.75. The highest BCUT2D eigenvalue weighted by Crippen LogP contribution is 2.17. The van der Waals surface area contributed by atoms with Crippen molar-refractivity contribution in [3.05, 3.63) is 0 Å². The first-order valence-electron chi connectivity index (χ1n) is 26.9. The normalized spacial score (nSPS) is 26.2. The van der Waals surface area contributed by atoms with Crippen LogP contribution in [0.4, 0.5) is 0 Å². The molecule has 12 nitrogen and oxygen atoms in total. The maximum Gasteiger partial charge on any atom is 0.0531 e. The predicted molar refractivity (Wildman–Crippen MR) is 256 cm³/mol. The Morgan fingerprint density at radius 1 is 0.148 bits per heavy atom. The zero-order valence-electron chi connectivity index (χ0n) is 40.0. The fraction of sp³-hybridized carbons (Fsp3) is 1.00. The highest BCUT2D eigenvalue weighted by molar-refractivity contribution is 4.78. The van der Waals surface area contributed by atoms with E-state index < -0.39 is 0 Å². The topological polar surface area (TPSA) is 38.9 Å². The number of nitrogens with zero attached hydrogens (tertiary/aromatic N) is 12. The van der Waals surface area contributed by atoms with Gasteiger partial charge >= 0.3 is 0 Å². The molecule has 0 spiro atoms. The fourth-order valence-electron chi connectivity index (χ4n) is 11.9. The second kappa shape index (κ2) is 28.5. The minimum absolute atomic E-state index is 1.17. The molecule has 0 bridgehead atoms. The van der Waals surface area contributed by atoms with Gasteiger partial charge in [0.05, 0.1) is 40.0 Å². The van der Waals surface area contributed by atoms with Gasteiger partial charge in [-0.2, -0.15) is 0 Å². The minimum atomic E-state index is 1.17. The third-order valence-corrected chi connectivity index (χ3v) is 15.6. The van der Waals surface area contributed by atoms with Crippen LogP contribution in [0.15, 0.2) is 0 Å². The first-order valence-corrected chi connectivity index (χ1v) is 26.9. The van der Waals surface area contributed by atoms with Gasteiger partial charge < -0.3 is 29.4 Å². The molecule has 8 aliphatic heterocycles. The van der Waals surface area contributed by atoms with E-state index in [0.29, 0.717) is 0 Å². The van der Waals surface area contributed by atoms with Crippen LogP contribution in [-0.4, -0.2) is 256 Å². The SMILES string of the molecule is C(CCN1CCCC1)CCN1CN(CCCCCN2CCCC2)CN(CCCN2CCCC2)C1.C1CCN(CCN2CN(CCN3CCCC3)CN(CCN3CCCC3)C2)C1. The Morgan fingerprint density at radius 2 is 0.311 bits per heavy atom. The molecule has 0 aromatic rings. The van der Waals surface area contributed by atoms with Gasteiger partial charge in [0.2, 0.25) is 0 Å². The lowest BCUT2D eigenvalue weighted by Crippen LogP contribution is -2.57. The second-order valence-electron chi connectivity index (χ2n) is 21.0. The smallest absolute Gasteiger partial charge is 0.0531 e. The Bertz CT molecular complexity index is 995. The van der Waals surface area contributed by atoms with E-state index in [9.17, 15) is 0 Å². The lowest BCUT2D eigenvalue weighted by molar-refractivity contribution is -0.0366. The van der Waals surface area contributed by atoms with Crippen molar-refractivity contribution in [3.63, 3.8) is 0 Å². The average Bonchev–Trinajstić information content (AvgIpc) is 4.13. The van der Waals surface area contributed by atoms with Gasteiger partial charge in [-0.25, -0.2) is 0 Å². The quantitative estimate of drug-likeness (QED) is 0.118. The number of hydrogen-bond donors (Lipinski definition) is 0. The van der Waals surface area contributed by atoms with Crippen LogP contribution in [0.3, 0.4) is 0 Å². The molecule has 8 aliphatic rings. The molecular formula is C49H98N12. The zero-order chi connectivity index (χ0) is 41.6. The van der Waals surface area contributed by atoms with Crippen molar-refractivity contribution in [1.82, 2.24) is 58.8 Å². The van der Waals surface area contributed by atoms with Gasteiger partial charge in [-0.05, 0) is 207 Å². The molecule has 0 aromatic carbocycles. The maximum absolute atomic E-state index is 2.75. The van der Waals surface area contributed by atoms with Crippen molar-refractivity contribution in [3.8, 4) is 0 Å². The van der Waals surface area contributed by atoms with Crippen molar-refractivity contribution in [1.29, 1.82) is 0 Å². The summed E-state index contributed by atoms with van der Waals surface area (Å²) in [6, 6.07) is 0. The van der Waals surface area contributed by atoms with E-state index in [2.05, 4.69) is 58.8 Å². The molecule has 0 N–H and O–H groups in total. The summed E-state index contributed by atoms with van der Waals surface area (Å²) >= 11 is 0. The van der Waals surface area contributed by atoms with E-state index in [-0.39, 0.29) is 0 Å². The second-order valence-corrected chi connectivity index (χ2v) is 21.0. The molecule has 8 heterocycles. The Labute approximate surface area is 376 Å². The monoisotopic (exact) mass is 855 g/mol. The highest BCUT2D eigenvalue weighted by Gasteiger charge is 2.27. The Morgan fingerprint density at radius 3 is 0.574 bits per heavy atom. The van der Waals surface area contributed by atoms with E-state index >= 15 is 0 Å². The van der Waals surface area contributed by atoms with Crippen LogP contribution in [0.2, 0.25) is 0 Å². The molecule has 12 heteroatoms. The number of unbranched alkanes of at least 4 members (excludes halogenated alkanes) is 4.